The molecule has 0 aromatic carbocycles. The molecule has 5 heteroatoms. The van der Waals surface area contributed by atoms with Crippen molar-refractivity contribution in [2.45, 2.75) is 45.9 Å². The molecule has 104 valence electrons. The SMILES string of the molecule is Cc1cn(CC(C)C)c(NCCC(C)S(C)=O)n1. The van der Waals surface area contributed by atoms with Gasteiger partial charge in [0.15, 0.2) is 0 Å². The fourth-order valence-electron chi connectivity index (χ4n) is 1.77. The van der Waals surface area contributed by atoms with Crippen LogP contribution in [0.5, 0.6) is 0 Å². The molecular weight excluding hydrogens is 246 g/mol. The third-order valence-electron chi connectivity index (χ3n) is 2.86. The highest BCUT2D eigenvalue weighted by molar-refractivity contribution is 7.84. The van der Waals surface area contributed by atoms with Crippen molar-refractivity contribution in [1.82, 2.24) is 9.55 Å². The van der Waals surface area contributed by atoms with Crippen LogP contribution in [0.2, 0.25) is 0 Å². The second-order valence-electron chi connectivity index (χ2n) is 5.28. The molecule has 0 spiro atoms. The summed E-state index contributed by atoms with van der Waals surface area (Å²) in [6, 6.07) is 0. The Bertz CT molecular complexity index is 401. The molecular formula is C13H25N3OS. The molecule has 0 aliphatic carbocycles. The Morgan fingerprint density at radius 2 is 2.11 bits per heavy atom. The first kappa shape index (κ1) is 15.2. The van der Waals surface area contributed by atoms with Crippen molar-refractivity contribution in [3.05, 3.63) is 11.9 Å². The molecule has 4 nitrogen and oxygen atoms in total. The van der Waals surface area contributed by atoms with Crippen molar-refractivity contribution in [3.63, 3.8) is 0 Å². The number of imidazole rings is 1. The molecule has 1 rings (SSSR count). The zero-order chi connectivity index (χ0) is 13.7. The van der Waals surface area contributed by atoms with Gasteiger partial charge in [-0.3, -0.25) is 4.21 Å². The normalized spacial score (nSPS) is 14.8. The maximum absolute atomic E-state index is 11.3. The van der Waals surface area contributed by atoms with Gasteiger partial charge in [-0.25, -0.2) is 4.98 Å². The molecule has 0 saturated carbocycles. The van der Waals surface area contributed by atoms with Gasteiger partial charge in [-0.2, -0.15) is 0 Å². The maximum atomic E-state index is 11.3. The molecule has 0 aliphatic heterocycles. The molecule has 1 heterocycles. The minimum atomic E-state index is -0.745. The standard InChI is InChI=1S/C13H25N3OS/c1-10(2)8-16-9-11(3)15-13(16)14-7-6-12(4)18(5)17/h9-10,12H,6-8H2,1-5H3,(H,14,15). The van der Waals surface area contributed by atoms with Crippen LogP contribution in [-0.4, -0.2) is 31.8 Å². The summed E-state index contributed by atoms with van der Waals surface area (Å²) in [5.74, 6) is 1.52. The van der Waals surface area contributed by atoms with Gasteiger partial charge in [0, 0.05) is 41.6 Å². The Morgan fingerprint density at radius 3 is 2.67 bits per heavy atom. The monoisotopic (exact) mass is 271 g/mol. The van der Waals surface area contributed by atoms with E-state index in [1.807, 2.05) is 13.8 Å². The predicted molar refractivity (Wildman–Crippen MR) is 78.4 cm³/mol. The Kier molecular flexibility index (Phi) is 5.85. The fourth-order valence-corrected chi connectivity index (χ4v) is 2.22. The van der Waals surface area contributed by atoms with E-state index in [1.54, 1.807) is 6.26 Å². The highest BCUT2D eigenvalue weighted by Crippen LogP contribution is 2.12. The van der Waals surface area contributed by atoms with Gasteiger partial charge in [0.25, 0.3) is 0 Å². The third-order valence-corrected chi connectivity index (χ3v) is 4.23. The van der Waals surface area contributed by atoms with Gasteiger partial charge >= 0.3 is 0 Å². The Balaban J connectivity index is 2.53. The minimum absolute atomic E-state index is 0.229. The van der Waals surface area contributed by atoms with E-state index in [0.29, 0.717) is 5.92 Å². The summed E-state index contributed by atoms with van der Waals surface area (Å²) >= 11 is 0. The van der Waals surface area contributed by atoms with Crippen LogP contribution in [0, 0.1) is 12.8 Å². The summed E-state index contributed by atoms with van der Waals surface area (Å²) in [6.07, 6.45) is 4.73. The van der Waals surface area contributed by atoms with Crippen molar-refractivity contribution < 1.29 is 4.21 Å². The molecule has 2 unspecified atom stereocenters. The first-order chi connectivity index (χ1) is 8.40. The Labute approximate surface area is 113 Å². The van der Waals surface area contributed by atoms with Crippen LogP contribution in [0.3, 0.4) is 0 Å². The molecule has 0 amide bonds. The largest absolute Gasteiger partial charge is 0.356 e. The van der Waals surface area contributed by atoms with E-state index in [9.17, 15) is 4.21 Å². The summed E-state index contributed by atoms with van der Waals surface area (Å²) in [5, 5.41) is 3.57. The Hall–Kier alpha value is -0.840. The van der Waals surface area contributed by atoms with Gasteiger partial charge < -0.3 is 9.88 Å². The van der Waals surface area contributed by atoms with E-state index < -0.39 is 10.8 Å². The second-order valence-corrected chi connectivity index (χ2v) is 7.08. The molecule has 2 atom stereocenters. The Morgan fingerprint density at radius 1 is 1.44 bits per heavy atom. The molecule has 0 saturated heterocycles. The number of nitrogens with one attached hydrogen (secondary N) is 1. The van der Waals surface area contributed by atoms with Crippen LogP contribution < -0.4 is 5.32 Å². The van der Waals surface area contributed by atoms with Gasteiger partial charge in [0.1, 0.15) is 0 Å². The van der Waals surface area contributed by atoms with Gasteiger partial charge in [0.2, 0.25) is 5.95 Å². The van der Waals surface area contributed by atoms with E-state index >= 15 is 0 Å². The highest BCUT2D eigenvalue weighted by atomic mass is 32.2. The summed E-state index contributed by atoms with van der Waals surface area (Å²) < 4.78 is 13.4. The number of aryl methyl sites for hydroxylation is 1. The van der Waals surface area contributed by atoms with Gasteiger partial charge in [-0.05, 0) is 19.3 Å². The summed E-state index contributed by atoms with van der Waals surface area (Å²) in [4.78, 5) is 4.48. The average Bonchev–Trinajstić information content (AvgIpc) is 2.57. The molecule has 0 fully saturated rings. The first-order valence-electron chi connectivity index (χ1n) is 6.50. The molecule has 1 aromatic heterocycles. The fraction of sp³-hybridized carbons (Fsp3) is 0.769. The number of nitrogens with zero attached hydrogens (tertiary/aromatic N) is 2. The van der Waals surface area contributed by atoms with E-state index in [0.717, 1.165) is 31.2 Å². The van der Waals surface area contributed by atoms with Gasteiger partial charge in [-0.15, -0.1) is 0 Å². The number of anilines is 1. The van der Waals surface area contributed by atoms with E-state index in [1.165, 1.54) is 0 Å². The predicted octanol–water partition coefficient (Wildman–Crippen LogP) is 2.42. The number of aromatic nitrogens is 2. The van der Waals surface area contributed by atoms with Gasteiger partial charge in [0.05, 0.1) is 5.69 Å². The smallest absolute Gasteiger partial charge is 0.203 e. The van der Waals surface area contributed by atoms with Crippen molar-refractivity contribution in [2.24, 2.45) is 5.92 Å². The molecule has 1 N–H and O–H groups in total. The lowest BCUT2D eigenvalue weighted by Gasteiger charge is -2.13. The quantitative estimate of drug-likeness (QED) is 0.828. The van der Waals surface area contributed by atoms with Crippen molar-refractivity contribution in [1.29, 1.82) is 0 Å². The average molecular weight is 271 g/mol. The lowest BCUT2D eigenvalue weighted by Crippen LogP contribution is -2.17. The van der Waals surface area contributed by atoms with Crippen LogP contribution in [0.15, 0.2) is 6.20 Å². The van der Waals surface area contributed by atoms with Crippen LogP contribution in [0.1, 0.15) is 32.9 Å². The molecule has 0 aliphatic rings. The summed E-state index contributed by atoms with van der Waals surface area (Å²) in [5.41, 5.74) is 1.03. The lowest BCUT2D eigenvalue weighted by atomic mass is 10.2. The summed E-state index contributed by atoms with van der Waals surface area (Å²) in [7, 11) is -0.745. The first-order valence-corrected chi connectivity index (χ1v) is 8.12. The number of hydrogen-bond acceptors (Lipinski definition) is 3. The molecule has 18 heavy (non-hydrogen) atoms. The topological polar surface area (TPSA) is 46.9 Å². The van der Waals surface area contributed by atoms with E-state index in [4.69, 9.17) is 0 Å². The third kappa shape index (κ3) is 4.80. The zero-order valence-corrected chi connectivity index (χ0v) is 12.9. The van der Waals surface area contributed by atoms with Crippen LogP contribution in [-0.2, 0) is 17.3 Å². The maximum Gasteiger partial charge on any atom is 0.203 e. The van der Waals surface area contributed by atoms with Crippen molar-refractivity contribution in [2.75, 3.05) is 18.1 Å². The van der Waals surface area contributed by atoms with E-state index in [2.05, 4.69) is 34.9 Å². The lowest BCUT2D eigenvalue weighted by molar-refractivity contribution is 0.525. The van der Waals surface area contributed by atoms with Crippen LogP contribution in [0.4, 0.5) is 5.95 Å². The highest BCUT2D eigenvalue weighted by Gasteiger charge is 2.09. The van der Waals surface area contributed by atoms with Crippen LogP contribution in [0.25, 0.3) is 0 Å². The molecule has 0 radical (unpaired) electrons. The van der Waals surface area contributed by atoms with E-state index in [-0.39, 0.29) is 5.25 Å². The summed E-state index contributed by atoms with van der Waals surface area (Å²) in [6.45, 7) is 10.2. The van der Waals surface area contributed by atoms with Crippen LogP contribution >= 0.6 is 0 Å². The zero-order valence-electron chi connectivity index (χ0n) is 12.1. The molecule has 0 bridgehead atoms. The number of rotatable bonds is 7. The molecule has 1 aromatic rings. The van der Waals surface area contributed by atoms with Crippen molar-refractivity contribution in [3.8, 4) is 0 Å². The minimum Gasteiger partial charge on any atom is -0.356 e. The van der Waals surface area contributed by atoms with Gasteiger partial charge in [-0.1, -0.05) is 20.8 Å². The number of hydrogen-bond donors (Lipinski definition) is 1. The van der Waals surface area contributed by atoms with Crippen molar-refractivity contribution >= 4 is 16.7 Å². The second kappa shape index (κ2) is 6.92.